The van der Waals surface area contributed by atoms with Crippen LogP contribution in [0.25, 0.3) is 0 Å². The summed E-state index contributed by atoms with van der Waals surface area (Å²) in [5.41, 5.74) is 0.711. The summed E-state index contributed by atoms with van der Waals surface area (Å²) in [6, 6.07) is 6.58. The number of aliphatic imine (C=N–C) groups is 2. The molecule has 2 bridgehead atoms. The second-order valence-electron chi connectivity index (χ2n) is 8.81. The van der Waals surface area contributed by atoms with Crippen LogP contribution in [0.3, 0.4) is 0 Å². The average Bonchev–Trinajstić information content (AvgIpc) is 2.83. The minimum atomic E-state index is -3.53. The van der Waals surface area contributed by atoms with Gasteiger partial charge in [0, 0.05) is 32.0 Å². The van der Waals surface area contributed by atoms with E-state index in [0.29, 0.717) is 24.7 Å². The van der Waals surface area contributed by atoms with Gasteiger partial charge in [-0.05, 0) is 69.7 Å². The number of hydrogen-bond donors (Lipinski definition) is 3. The van der Waals surface area contributed by atoms with E-state index in [9.17, 15) is 13.2 Å². The Morgan fingerprint density at radius 1 is 0.943 bits per heavy atom. The van der Waals surface area contributed by atoms with Crippen molar-refractivity contribution in [1.29, 1.82) is 0 Å². The van der Waals surface area contributed by atoms with Crippen molar-refractivity contribution in [1.82, 2.24) is 10.0 Å². The van der Waals surface area contributed by atoms with E-state index in [-0.39, 0.29) is 17.1 Å². The fraction of sp³-hybridized carbons (Fsp3) is 0.640. The SMILES string of the molecule is C/N=C1\N=C/CCCC[C@@H](C)OC(=O)NCCCCCCCCCNS(=O)(=O)c2ccc(cc2)N1. The molecule has 2 aliphatic heterocycles. The van der Waals surface area contributed by atoms with Crippen molar-refractivity contribution in [2.45, 2.75) is 88.6 Å². The molecule has 0 aliphatic carbocycles. The van der Waals surface area contributed by atoms with Gasteiger partial charge in [0.15, 0.2) is 0 Å². The highest BCUT2D eigenvalue weighted by molar-refractivity contribution is 7.89. The number of anilines is 1. The van der Waals surface area contributed by atoms with Gasteiger partial charge in [0.05, 0.1) is 4.90 Å². The summed E-state index contributed by atoms with van der Waals surface area (Å²) < 4.78 is 33.2. The Bertz CT molecular complexity index is 916. The largest absolute Gasteiger partial charge is 0.447 e. The number of benzene rings is 1. The molecule has 1 atom stereocenters. The zero-order valence-electron chi connectivity index (χ0n) is 21.1. The van der Waals surface area contributed by atoms with Gasteiger partial charge in [-0.25, -0.2) is 22.9 Å². The Labute approximate surface area is 210 Å². The van der Waals surface area contributed by atoms with Crippen molar-refractivity contribution in [3.05, 3.63) is 24.3 Å². The molecule has 0 saturated carbocycles. The van der Waals surface area contributed by atoms with Gasteiger partial charge in [-0.15, -0.1) is 0 Å². The van der Waals surface area contributed by atoms with Crippen LogP contribution in [0.2, 0.25) is 0 Å². The van der Waals surface area contributed by atoms with E-state index in [2.05, 4.69) is 25.3 Å². The molecular formula is C25H41N5O4S. The Kier molecular flexibility index (Phi) is 13.4. The van der Waals surface area contributed by atoms with Gasteiger partial charge in [0.1, 0.15) is 6.10 Å². The number of amides is 1. The number of rotatable bonds is 0. The minimum Gasteiger partial charge on any atom is -0.447 e. The summed E-state index contributed by atoms with van der Waals surface area (Å²) in [6.45, 7) is 2.97. The number of hydrogen-bond acceptors (Lipinski definition) is 5. The number of fused-ring (bicyclic) bond motifs is 23. The normalized spacial score (nSPS) is 24.5. The molecule has 3 rings (SSSR count). The zero-order valence-corrected chi connectivity index (χ0v) is 21.9. The van der Waals surface area contributed by atoms with Gasteiger partial charge in [-0.2, -0.15) is 0 Å². The van der Waals surface area contributed by atoms with Crippen LogP contribution in [0.1, 0.15) is 77.6 Å². The lowest BCUT2D eigenvalue weighted by Gasteiger charge is -2.13. The Balaban J connectivity index is 1.93. The molecule has 1 aromatic carbocycles. The monoisotopic (exact) mass is 507 g/mol. The van der Waals surface area contributed by atoms with Crippen molar-refractivity contribution in [3.8, 4) is 0 Å². The van der Waals surface area contributed by atoms with E-state index >= 15 is 0 Å². The third-order valence-corrected chi connectivity index (χ3v) is 7.24. The maximum Gasteiger partial charge on any atom is 0.407 e. The first-order valence-electron chi connectivity index (χ1n) is 12.7. The van der Waals surface area contributed by atoms with E-state index in [1.807, 2.05) is 13.1 Å². The molecule has 1 amide bonds. The Morgan fingerprint density at radius 3 is 2.29 bits per heavy atom. The number of nitrogens with one attached hydrogen (secondary N) is 3. The molecule has 35 heavy (non-hydrogen) atoms. The second-order valence-corrected chi connectivity index (χ2v) is 10.6. The van der Waals surface area contributed by atoms with Crippen molar-refractivity contribution < 1.29 is 17.9 Å². The molecule has 2 aliphatic rings. The molecule has 3 N–H and O–H groups in total. The molecule has 0 aromatic heterocycles. The molecule has 0 unspecified atom stereocenters. The molecule has 2 heterocycles. The summed E-state index contributed by atoms with van der Waals surface area (Å²) in [6.07, 6.45) is 11.8. The average molecular weight is 508 g/mol. The third kappa shape index (κ3) is 12.2. The molecule has 9 nitrogen and oxygen atoms in total. The molecule has 0 spiro atoms. The number of guanidine groups is 1. The molecule has 10 heteroatoms. The predicted octanol–water partition coefficient (Wildman–Crippen LogP) is 4.85. The van der Waals surface area contributed by atoms with Crippen LogP contribution in [0.4, 0.5) is 10.5 Å². The standard InChI is InChI=1S/C25H41N5O4S/c1-21-13-9-8-11-18-27-24(26-2)30-22-14-16-23(17-15-22)35(32,33)29-20-12-7-5-3-4-6-10-19-28-25(31)34-21/h14-18,21,29H,3-13,19-20H2,1-2H3,(H,26,30)(H,28,31)/b27-18-/t21-/m1/s1. The van der Waals surface area contributed by atoms with Crippen LogP contribution in [0.5, 0.6) is 0 Å². The first-order valence-corrected chi connectivity index (χ1v) is 14.2. The molecular weight excluding hydrogens is 466 g/mol. The van der Waals surface area contributed by atoms with Gasteiger partial charge in [0.25, 0.3) is 0 Å². The first-order chi connectivity index (χ1) is 16.9. The highest BCUT2D eigenvalue weighted by atomic mass is 32.2. The van der Waals surface area contributed by atoms with Crippen LogP contribution >= 0.6 is 0 Å². The maximum atomic E-state index is 12.5. The first kappa shape index (κ1) is 28.8. The number of carbonyl (C=O) groups excluding carboxylic acids is 1. The smallest absolute Gasteiger partial charge is 0.407 e. The molecule has 0 radical (unpaired) electrons. The topological polar surface area (TPSA) is 121 Å². The molecule has 0 fully saturated rings. The van der Waals surface area contributed by atoms with Gasteiger partial charge >= 0.3 is 6.09 Å². The van der Waals surface area contributed by atoms with Gasteiger partial charge < -0.3 is 15.4 Å². The van der Waals surface area contributed by atoms with Crippen LogP contribution in [0.15, 0.2) is 39.1 Å². The molecule has 0 saturated heterocycles. The number of nitrogens with zero attached hydrogens (tertiary/aromatic N) is 2. The fourth-order valence-electron chi connectivity index (χ4n) is 3.71. The van der Waals surface area contributed by atoms with E-state index in [1.165, 1.54) is 0 Å². The number of ether oxygens (including phenoxy) is 1. The van der Waals surface area contributed by atoms with Gasteiger partial charge in [0.2, 0.25) is 16.0 Å². The Morgan fingerprint density at radius 2 is 1.60 bits per heavy atom. The van der Waals surface area contributed by atoms with Crippen LogP contribution in [-0.4, -0.2) is 52.9 Å². The van der Waals surface area contributed by atoms with Crippen LogP contribution < -0.4 is 15.4 Å². The van der Waals surface area contributed by atoms with Crippen LogP contribution in [-0.2, 0) is 14.8 Å². The zero-order chi connectivity index (χ0) is 25.4. The number of alkyl carbamates (subject to hydrolysis) is 1. The summed E-state index contributed by atoms with van der Waals surface area (Å²) >= 11 is 0. The fourth-order valence-corrected chi connectivity index (χ4v) is 4.78. The van der Waals surface area contributed by atoms with Crippen molar-refractivity contribution in [2.75, 3.05) is 25.5 Å². The van der Waals surface area contributed by atoms with E-state index in [0.717, 1.165) is 70.6 Å². The van der Waals surface area contributed by atoms with Gasteiger partial charge in [-0.1, -0.05) is 32.1 Å². The molecule has 1 aromatic rings. The van der Waals surface area contributed by atoms with Crippen LogP contribution in [0, 0.1) is 0 Å². The summed E-state index contributed by atoms with van der Waals surface area (Å²) in [5.74, 6) is 0.449. The van der Waals surface area contributed by atoms with Crippen molar-refractivity contribution >= 4 is 34.0 Å². The second kappa shape index (κ2) is 16.3. The van der Waals surface area contributed by atoms with Gasteiger partial charge in [-0.3, -0.25) is 4.99 Å². The highest BCUT2D eigenvalue weighted by Crippen LogP contribution is 2.15. The van der Waals surface area contributed by atoms with E-state index in [1.54, 1.807) is 31.3 Å². The molecule has 196 valence electrons. The highest BCUT2D eigenvalue weighted by Gasteiger charge is 2.13. The number of carbonyl (C=O) groups is 1. The Hall–Kier alpha value is -2.46. The van der Waals surface area contributed by atoms with E-state index in [4.69, 9.17) is 4.74 Å². The summed E-state index contributed by atoms with van der Waals surface area (Å²) in [7, 11) is -1.88. The third-order valence-electron chi connectivity index (χ3n) is 5.76. The van der Waals surface area contributed by atoms with Crippen molar-refractivity contribution in [2.24, 2.45) is 9.98 Å². The lowest BCUT2D eigenvalue weighted by atomic mass is 10.1. The van der Waals surface area contributed by atoms with E-state index < -0.39 is 10.0 Å². The quantitative estimate of drug-likeness (QED) is 0.463. The lowest BCUT2D eigenvalue weighted by molar-refractivity contribution is 0.101. The van der Waals surface area contributed by atoms with Crippen molar-refractivity contribution in [3.63, 3.8) is 0 Å². The number of sulfonamides is 1. The summed E-state index contributed by atoms with van der Waals surface area (Å²) in [5, 5.41) is 5.93. The minimum absolute atomic E-state index is 0.120. The predicted molar refractivity (Wildman–Crippen MR) is 142 cm³/mol. The maximum absolute atomic E-state index is 12.5. The lowest BCUT2D eigenvalue weighted by Crippen LogP contribution is -2.28. The summed E-state index contributed by atoms with van der Waals surface area (Å²) in [4.78, 5) is 20.7.